The number of hydrogen-bond acceptors (Lipinski definition) is 4. The molecule has 0 unspecified atom stereocenters. The average molecular weight is 289 g/mol. The van der Waals surface area contributed by atoms with Crippen molar-refractivity contribution >= 4 is 11.6 Å². The summed E-state index contributed by atoms with van der Waals surface area (Å²) in [6.45, 7) is -2.86. The Morgan fingerprint density at radius 3 is 2.89 bits per heavy atom. The summed E-state index contributed by atoms with van der Waals surface area (Å²) < 4.78 is 33.9. The molecule has 0 radical (unpaired) electrons. The number of aryl methyl sites for hydroxylation is 1. The molecule has 0 saturated carbocycles. The molecule has 7 heteroatoms. The molecule has 102 valence electrons. The minimum Gasteiger partial charge on any atom is -0.435 e. The van der Waals surface area contributed by atoms with Crippen LogP contribution in [0.25, 0.3) is 11.5 Å². The van der Waals surface area contributed by atoms with Crippen molar-refractivity contribution in [3.05, 3.63) is 30.2 Å². The maximum atomic E-state index is 12.1. The molecule has 0 spiro atoms. The smallest absolute Gasteiger partial charge is 0.387 e. The molecule has 0 atom stereocenters. The standard InChI is InChI=1S/C12H11ClF2N2O2/c13-6-2-5-10-16-17-11(19-10)8-3-1-4-9(7-8)18-12(14)15/h1,3-4,7,12H,2,5-6H2. The molecule has 19 heavy (non-hydrogen) atoms. The van der Waals surface area contributed by atoms with Crippen LogP contribution < -0.4 is 4.74 Å². The lowest BCUT2D eigenvalue weighted by Crippen LogP contribution is -2.01. The second kappa shape index (κ2) is 6.47. The van der Waals surface area contributed by atoms with Crippen molar-refractivity contribution in [2.24, 2.45) is 0 Å². The van der Waals surface area contributed by atoms with Crippen LogP contribution in [0, 0.1) is 0 Å². The van der Waals surface area contributed by atoms with Crippen LogP contribution in [0.5, 0.6) is 5.75 Å². The Morgan fingerprint density at radius 2 is 2.16 bits per heavy atom. The SMILES string of the molecule is FC(F)Oc1cccc(-c2nnc(CCCCl)o2)c1. The van der Waals surface area contributed by atoms with Crippen molar-refractivity contribution < 1.29 is 17.9 Å². The lowest BCUT2D eigenvalue weighted by Gasteiger charge is -2.04. The quantitative estimate of drug-likeness (QED) is 0.763. The zero-order valence-corrected chi connectivity index (χ0v) is 10.6. The van der Waals surface area contributed by atoms with Crippen molar-refractivity contribution in [1.82, 2.24) is 10.2 Å². The van der Waals surface area contributed by atoms with Crippen molar-refractivity contribution in [3.8, 4) is 17.2 Å². The summed E-state index contributed by atoms with van der Waals surface area (Å²) in [5.41, 5.74) is 0.530. The predicted octanol–water partition coefficient (Wildman–Crippen LogP) is 3.51. The highest BCUT2D eigenvalue weighted by Crippen LogP contribution is 2.24. The Kier molecular flexibility index (Phi) is 4.68. The van der Waals surface area contributed by atoms with Crippen LogP contribution in [0.2, 0.25) is 0 Å². The van der Waals surface area contributed by atoms with Crippen LogP contribution in [-0.2, 0) is 6.42 Å². The van der Waals surface area contributed by atoms with Gasteiger partial charge in [-0.05, 0) is 24.6 Å². The number of aromatic nitrogens is 2. The van der Waals surface area contributed by atoms with Gasteiger partial charge in [-0.1, -0.05) is 6.07 Å². The monoisotopic (exact) mass is 288 g/mol. The first-order chi connectivity index (χ1) is 9.19. The molecule has 4 nitrogen and oxygen atoms in total. The summed E-state index contributed by atoms with van der Waals surface area (Å²) in [5, 5.41) is 7.71. The normalized spacial score (nSPS) is 10.9. The number of ether oxygens (including phenoxy) is 1. The Labute approximate surface area is 113 Å². The highest BCUT2D eigenvalue weighted by Gasteiger charge is 2.10. The predicted molar refractivity (Wildman–Crippen MR) is 65.4 cm³/mol. The number of hydrogen-bond donors (Lipinski definition) is 0. The van der Waals surface area contributed by atoms with E-state index in [2.05, 4.69) is 14.9 Å². The fourth-order valence-electron chi connectivity index (χ4n) is 1.49. The third-order valence-corrected chi connectivity index (χ3v) is 2.56. The van der Waals surface area contributed by atoms with Crippen LogP contribution in [-0.4, -0.2) is 22.7 Å². The highest BCUT2D eigenvalue weighted by atomic mass is 35.5. The van der Waals surface area contributed by atoms with E-state index in [-0.39, 0.29) is 11.6 Å². The molecule has 2 rings (SSSR count). The first kappa shape index (κ1) is 13.7. The van der Waals surface area contributed by atoms with Gasteiger partial charge in [-0.2, -0.15) is 8.78 Å². The molecule has 1 aromatic heterocycles. The van der Waals surface area contributed by atoms with E-state index in [1.807, 2.05) is 0 Å². The second-order valence-electron chi connectivity index (χ2n) is 3.70. The van der Waals surface area contributed by atoms with Gasteiger partial charge in [0.25, 0.3) is 0 Å². The van der Waals surface area contributed by atoms with E-state index in [9.17, 15) is 8.78 Å². The van der Waals surface area contributed by atoms with Crippen LogP contribution in [0.1, 0.15) is 12.3 Å². The first-order valence-corrected chi connectivity index (χ1v) is 6.16. The summed E-state index contributed by atoms with van der Waals surface area (Å²) in [6, 6.07) is 6.11. The lowest BCUT2D eigenvalue weighted by molar-refractivity contribution is -0.0498. The molecule has 0 aliphatic heterocycles. The van der Waals surface area contributed by atoms with Crippen LogP contribution >= 0.6 is 11.6 Å². The largest absolute Gasteiger partial charge is 0.435 e. The van der Waals surface area contributed by atoms with Crippen molar-refractivity contribution in [2.45, 2.75) is 19.5 Å². The van der Waals surface area contributed by atoms with Gasteiger partial charge in [-0.25, -0.2) is 0 Å². The molecule has 0 saturated heterocycles. The summed E-state index contributed by atoms with van der Waals surface area (Å²) in [7, 11) is 0. The number of rotatable bonds is 6. The van der Waals surface area contributed by atoms with Gasteiger partial charge in [0.1, 0.15) is 5.75 Å². The molecule has 0 bridgehead atoms. The topological polar surface area (TPSA) is 48.2 Å². The van der Waals surface area contributed by atoms with Gasteiger partial charge in [0.15, 0.2) is 0 Å². The lowest BCUT2D eigenvalue weighted by atomic mass is 10.2. The van der Waals surface area contributed by atoms with E-state index < -0.39 is 6.61 Å². The maximum Gasteiger partial charge on any atom is 0.387 e. The Balaban J connectivity index is 2.14. The molecule has 0 amide bonds. The summed E-state index contributed by atoms with van der Waals surface area (Å²) in [4.78, 5) is 0. The molecule has 0 fully saturated rings. The first-order valence-electron chi connectivity index (χ1n) is 5.62. The number of alkyl halides is 3. The summed E-state index contributed by atoms with van der Waals surface area (Å²) in [6.07, 6.45) is 1.32. The number of benzene rings is 1. The second-order valence-corrected chi connectivity index (χ2v) is 4.08. The molecule has 1 aromatic carbocycles. The third kappa shape index (κ3) is 3.89. The minimum atomic E-state index is -2.86. The fraction of sp³-hybridized carbons (Fsp3) is 0.333. The number of halogens is 3. The van der Waals surface area contributed by atoms with Crippen LogP contribution in [0.15, 0.2) is 28.7 Å². The molecule has 0 aliphatic rings. The summed E-state index contributed by atoms with van der Waals surface area (Å²) >= 11 is 5.57. The fourth-order valence-corrected chi connectivity index (χ4v) is 1.63. The molecular weight excluding hydrogens is 278 g/mol. The van der Waals surface area contributed by atoms with Gasteiger partial charge in [-0.15, -0.1) is 21.8 Å². The Hall–Kier alpha value is -1.69. The minimum absolute atomic E-state index is 0.0491. The van der Waals surface area contributed by atoms with E-state index in [1.165, 1.54) is 12.1 Å². The van der Waals surface area contributed by atoms with Gasteiger partial charge in [-0.3, -0.25) is 0 Å². The zero-order valence-electron chi connectivity index (χ0n) is 9.85. The van der Waals surface area contributed by atoms with Crippen molar-refractivity contribution in [3.63, 3.8) is 0 Å². The number of nitrogens with zero attached hydrogens (tertiary/aromatic N) is 2. The Bertz CT molecular complexity index is 534. The average Bonchev–Trinajstić information content (AvgIpc) is 2.84. The molecule has 0 aliphatic carbocycles. The molecule has 0 N–H and O–H groups in total. The van der Waals surface area contributed by atoms with Gasteiger partial charge < -0.3 is 9.15 Å². The molecule has 2 aromatic rings. The molecular formula is C12H11ClF2N2O2. The van der Waals surface area contributed by atoms with Gasteiger partial charge >= 0.3 is 6.61 Å². The molecule has 1 heterocycles. The van der Waals surface area contributed by atoms with Gasteiger partial charge in [0, 0.05) is 17.9 Å². The zero-order chi connectivity index (χ0) is 13.7. The maximum absolute atomic E-state index is 12.1. The van der Waals surface area contributed by atoms with E-state index >= 15 is 0 Å². The van der Waals surface area contributed by atoms with Crippen molar-refractivity contribution in [1.29, 1.82) is 0 Å². The summed E-state index contributed by atoms with van der Waals surface area (Å²) in [5.74, 6) is 1.29. The van der Waals surface area contributed by atoms with Crippen molar-refractivity contribution in [2.75, 3.05) is 5.88 Å². The van der Waals surface area contributed by atoms with Crippen LogP contribution in [0.3, 0.4) is 0 Å². The van der Waals surface area contributed by atoms with Crippen LogP contribution in [0.4, 0.5) is 8.78 Å². The Morgan fingerprint density at radius 1 is 1.32 bits per heavy atom. The highest BCUT2D eigenvalue weighted by molar-refractivity contribution is 6.17. The third-order valence-electron chi connectivity index (χ3n) is 2.30. The van der Waals surface area contributed by atoms with E-state index in [1.54, 1.807) is 12.1 Å². The van der Waals surface area contributed by atoms with Gasteiger partial charge in [0.05, 0.1) is 0 Å². The van der Waals surface area contributed by atoms with E-state index in [4.69, 9.17) is 16.0 Å². The van der Waals surface area contributed by atoms with Gasteiger partial charge in [0.2, 0.25) is 11.8 Å². The van der Waals surface area contributed by atoms with E-state index in [0.29, 0.717) is 23.8 Å². The van der Waals surface area contributed by atoms with E-state index in [0.717, 1.165) is 6.42 Å².